The van der Waals surface area contributed by atoms with Gasteiger partial charge in [0, 0.05) is 17.6 Å². The molecule has 108 valence electrons. The van der Waals surface area contributed by atoms with E-state index >= 15 is 0 Å². The number of anilines is 1. The summed E-state index contributed by atoms with van der Waals surface area (Å²) in [6.45, 7) is 0.774. The molecule has 0 saturated carbocycles. The molecule has 0 aliphatic rings. The zero-order valence-electron chi connectivity index (χ0n) is 12.0. The average molecular weight is 300 g/mol. The van der Waals surface area contributed by atoms with Gasteiger partial charge in [-0.1, -0.05) is 6.07 Å². The minimum Gasteiger partial charge on any atom is -0.326 e. The van der Waals surface area contributed by atoms with E-state index < -0.39 is 0 Å². The van der Waals surface area contributed by atoms with Crippen molar-refractivity contribution in [3.63, 3.8) is 0 Å². The van der Waals surface area contributed by atoms with Crippen molar-refractivity contribution in [3.8, 4) is 6.07 Å². The summed E-state index contributed by atoms with van der Waals surface area (Å²) in [4.78, 5) is 18.4. The first-order chi connectivity index (χ1) is 10.1. The number of hydrogen-bond donors (Lipinski definition) is 1. The third-order valence-electron chi connectivity index (χ3n) is 2.67. The smallest absolute Gasteiger partial charge is 0.230 e. The first-order valence-electron chi connectivity index (χ1n) is 6.45. The molecule has 0 aliphatic carbocycles. The molecule has 5 nitrogen and oxygen atoms in total. The fraction of sp³-hybridized carbons (Fsp3) is 0.267. The van der Waals surface area contributed by atoms with Crippen LogP contribution in [-0.4, -0.2) is 29.9 Å². The van der Waals surface area contributed by atoms with Crippen LogP contribution in [0.1, 0.15) is 16.3 Å². The van der Waals surface area contributed by atoms with Gasteiger partial charge in [-0.05, 0) is 32.3 Å². The van der Waals surface area contributed by atoms with E-state index in [0.717, 1.165) is 17.2 Å². The molecule has 0 saturated heterocycles. The molecule has 2 rings (SSSR count). The van der Waals surface area contributed by atoms with Crippen LogP contribution in [0.5, 0.6) is 0 Å². The standard InChI is InChI=1S/C15H16N4OS/c1-19(2)9-15-18-13(10-21-15)7-14(20)17-12-5-3-4-11(6-12)8-16/h3-6,10H,7,9H2,1-2H3,(H,17,20). The van der Waals surface area contributed by atoms with Crippen molar-refractivity contribution in [2.75, 3.05) is 19.4 Å². The third kappa shape index (κ3) is 4.67. The van der Waals surface area contributed by atoms with Crippen molar-refractivity contribution >= 4 is 22.9 Å². The maximum absolute atomic E-state index is 12.0. The van der Waals surface area contributed by atoms with Gasteiger partial charge in [0.15, 0.2) is 0 Å². The summed E-state index contributed by atoms with van der Waals surface area (Å²) in [5, 5.41) is 14.5. The first-order valence-corrected chi connectivity index (χ1v) is 7.33. The van der Waals surface area contributed by atoms with E-state index in [1.807, 2.05) is 30.4 Å². The van der Waals surface area contributed by atoms with Gasteiger partial charge in [-0.15, -0.1) is 11.3 Å². The van der Waals surface area contributed by atoms with E-state index in [4.69, 9.17) is 5.26 Å². The Labute approximate surface area is 127 Å². The minimum absolute atomic E-state index is 0.133. The van der Waals surface area contributed by atoms with Gasteiger partial charge in [0.2, 0.25) is 5.91 Å². The average Bonchev–Trinajstić information content (AvgIpc) is 2.85. The molecular formula is C15H16N4OS. The van der Waals surface area contributed by atoms with Crippen molar-refractivity contribution in [1.82, 2.24) is 9.88 Å². The Bertz CT molecular complexity index is 672. The number of aromatic nitrogens is 1. The zero-order valence-corrected chi connectivity index (χ0v) is 12.8. The van der Waals surface area contributed by atoms with Crippen molar-refractivity contribution in [2.24, 2.45) is 0 Å². The monoisotopic (exact) mass is 300 g/mol. The topological polar surface area (TPSA) is 69.0 Å². The molecule has 1 heterocycles. The van der Waals surface area contributed by atoms with Gasteiger partial charge in [0.1, 0.15) is 5.01 Å². The molecule has 2 aromatic rings. The fourth-order valence-electron chi connectivity index (χ4n) is 1.81. The number of benzene rings is 1. The molecule has 1 N–H and O–H groups in total. The van der Waals surface area contributed by atoms with Crippen LogP contribution in [0.2, 0.25) is 0 Å². The number of nitrogens with zero attached hydrogens (tertiary/aromatic N) is 3. The van der Waals surface area contributed by atoms with Gasteiger partial charge in [-0.25, -0.2) is 4.98 Å². The molecule has 1 aromatic heterocycles. The number of carbonyl (C=O) groups excluding carboxylic acids is 1. The molecule has 0 atom stereocenters. The molecule has 0 aliphatic heterocycles. The Kier molecular flexibility index (Phi) is 5.04. The number of rotatable bonds is 5. The van der Waals surface area contributed by atoms with Crippen LogP contribution in [0.4, 0.5) is 5.69 Å². The Balaban J connectivity index is 1.95. The third-order valence-corrected chi connectivity index (χ3v) is 3.55. The van der Waals surface area contributed by atoms with Crippen LogP contribution in [0.25, 0.3) is 0 Å². The second-order valence-electron chi connectivity index (χ2n) is 4.89. The quantitative estimate of drug-likeness (QED) is 0.919. The molecule has 1 aromatic carbocycles. The number of amides is 1. The number of hydrogen-bond acceptors (Lipinski definition) is 5. The normalized spacial score (nSPS) is 10.4. The highest BCUT2D eigenvalue weighted by atomic mass is 32.1. The highest BCUT2D eigenvalue weighted by Gasteiger charge is 2.09. The minimum atomic E-state index is -0.133. The van der Waals surface area contributed by atoms with E-state index in [1.165, 1.54) is 0 Å². The van der Waals surface area contributed by atoms with E-state index in [-0.39, 0.29) is 12.3 Å². The highest BCUT2D eigenvalue weighted by Crippen LogP contribution is 2.13. The highest BCUT2D eigenvalue weighted by molar-refractivity contribution is 7.09. The van der Waals surface area contributed by atoms with E-state index in [9.17, 15) is 4.79 Å². The first kappa shape index (κ1) is 15.2. The molecule has 21 heavy (non-hydrogen) atoms. The lowest BCUT2D eigenvalue weighted by molar-refractivity contribution is -0.115. The summed E-state index contributed by atoms with van der Waals surface area (Å²) in [6.07, 6.45) is 0.237. The zero-order chi connectivity index (χ0) is 15.2. The summed E-state index contributed by atoms with van der Waals surface area (Å²) >= 11 is 1.56. The molecule has 6 heteroatoms. The lowest BCUT2D eigenvalue weighted by Gasteiger charge is -2.05. The summed E-state index contributed by atoms with van der Waals surface area (Å²) in [5.74, 6) is -0.133. The summed E-state index contributed by atoms with van der Waals surface area (Å²) in [6, 6.07) is 8.90. The molecule has 0 unspecified atom stereocenters. The number of nitrogens with one attached hydrogen (secondary N) is 1. The molecule has 0 fully saturated rings. The van der Waals surface area contributed by atoms with Crippen LogP contribution < -0.4 is 5.32 Å². The van der Waals surface area contributed by atoms with Gasteiger partial charge in [0.05, 0.1) is 23.7 Å². The second kappa shape index (κ2) is 6.97. The van der Waals surface area contributed by atoms with Gasteiger partial charge in [-0.2, -0.15) is 5.26 Å². The molecule has 1 amide bonds. The fourth-order valence-corrected chi connectivity index (χ4v) is 2.72. The number of thiazole rings is 1. The lowest BCUT2D eigenvalue weighted by Crippen LogP contribution is -2.15. The van der Waals surface area contributed by atoms with Crippen LogP contribution in [0, 0.1) is 11.3 Å². The molecule has 0 radical (unpaired) electrons. The molecular weight excluding hydrogens is 284 g/mol. The molecule has 0 bridgehead atoms. The van der Waals surface area contributed by atoms with Crippen LogP contribution >= 0.6 is 11.3 Å². The maximum atomic E-state index is 12.0. The molecule has 0 spiro atoms. The Morgan fingerprint density at radius 3 is 3.00 bits per heavy atom. The predicted molar refractivity (Wildman–Crippen MR) is 83.0 cm³/mol. The Morgan fingerprint density at radius 2 is 2.29 bits per heavy atom. The Hall–Kier alpha value is -2.23. The van der Waals surface area contributed by atoms with Crippen molar-refractivity contribution in [3.05, 3.63) is 45.9 Å². The van der Waals surface area contributed by atoms with E-state index in [2.05, 4.69) is 10.3 Å². The number of carbonyl (C=O) groups is 1. The largest absolute Gasteiger partial charge is 0.326 e. The van der Waals surface area contributed by atoms with E-state index in [1.54, 1.807) is 35.6 Å². The van der Waals surface area contributed by atoms with Gasteiger partial charge in [-0.3, -0.25) is 4.79 Å². The van der Waals surface area contributed by atoms with Crippen LogP contribution in [-0.2, 0) is 17.8 Å². The summed E-state index contributed by atoms with van der Waals surface area (Å²) in [5.41, 5.74) is 1.92. The van der Waals surface area contributed by atoms with Gasteiger partial charge >= 0.3 is 0 Å². The number of nitriles is 1. The van der Waals surface area contributed by atoms with E-state index in [0.29, 0.717) is 11.3 Å². The summed E-state index contributed by atoms with van der Waals surface area (Å²) in [7, 11) is 3.96. The maximum Gasteiger partial charge on any atom is 0.230 e. The SMILES string of the molecule is CN(C)Cc1nc(CC(=O)Nc2cccc(C#N)c2)cs1. The lowest BCUT2D eigenvalue weighted by atomic mass is 10.2. The van der Waals surface area contributed by atoms with Gasteiger partial charge in [0.25, 0.3) is 0 Å². The van der Waals surface area contributed by atoms with Crippen molar-refractivity contribution in [2.45, 2.75) is 13.0 Å². The van der Waals surface area contributed by atoms with Gasteiger partial charge < -0.3 is 10.2 Å². The second-order valence-corrected chi connectivity index (χ2v) is 5.83. The van der Waals surface area contributed by atoms with Crippen LogP contribution in [0.3, 0.4) is 0 Å². The Morgan fingerprint density at radius 1 is 1.48 bits per heavy atom. The van der Waals surface area contributed by atoms with Crippen LogP contribution in [0.15, 0.2) is 29.6 Å². The van der Waals surface area contributed by atoms with Crippen molar-refractivity contribution < 1.29 is 4.79 Å². The summed E-state index contributed by atoms with van der Waals surface area (Å²) < 4.78 is 0. The predicted octanol–water partition coefficient (Wildman–Crippen LogP) is 2.26. The van der Waals surface area contributed by atoms with Crippen molar-refractivity contribution in [1.29, 1.82) is 5.26 Å².